The molecular formula is C16H23N5O. The van der Waals surface area contributed by atoms with Crippen LogP contribution >= 0.6 is 0 Å². The van der Waals surface area contributed by atoms with Gasteiger partial charge in [-0.15, -0.1) is 0 Å². The molecule has 1 atom stereocenters. The summed E-state index contributed by atoms with van der Waals surface area (Å²) in [5.41, 5.74) is 3.28. The molecule has 0 fully saturated rings. The molecule has 2 heterocycles. The van der Waals surface area contributed by atoms with Gasteiger partial charge in [-0.3, -0.25) is 9.48 Å². The lowest BCUT2D eigenvalue weighted by Crippen LogP contribution is -2.34. The van der Waals surface area contributed by atoms with E-state index >= 15 is 0 Å². The Balaban J connectivity index is 1.61. The first-order valence-corrected chi connectivity index (χ1v) is 7.87. The highest BCUT2D eigenvalue weighted by molar-refractivity contribution is 5.79. The van der Waals surface area contributed by atoms with Gasteiger partial charge in [-0.1, -0.05) is 13.8 Å². The molecule has 2 N–H and O–H groups in total. The third kappa shape index (κ3) is 2.91. The molecule has 2 aromatic rings. The Hall–Kier alpha value is -2.11. The average Bonchev–Trinajstić information content (AvgIpc) is 3.09. The number of aromatic amines is 1. The van der Waals surface area contributed by atoms with E-state index in [0.717, 1.165) is 42.2 Å². The number of carbonyl (C=O) groups is 1. The zero-order valence-corrected chi connectivity index (χ0v) is 13.4. The summed E-state index contributed by atoms with van der Waals surface area (Å²) in [4.78, 5) is 20.4. The number of fused-ring (bicyclic) bond motifs is 1. The highest BCUT2D eigenvalue weighted by Crippen LogP contribution is 2.26. The number of carbonyl (C=O) groups excluding carboxylic acids is 1. The van der Waals surface area contributed by atoms with Gasteiger partial charge in [0.2, 0.25) is 5.91 Å². The molecule has 0 saturated carbocycles. The van der Waals surface area contributed by atoms with Crippen molar-refractivity contribution >= 4 is 5.91 Å². The van der Waals surface area contributed by atoms with E-state index < -0.39 is 0 Å². The standard InChI is InChI=1S/C16H23N5O/c1-10(2)15-19-13-5-4-11(8-14(13)20-15)16(22)17-9-12-6-7-18-21(12)3/h6-7,10-11H,4-5,8-9H2,1-3H3,(H,17,22)(H,19,20)/t11-/m0/s1. The van der Waals surface area contributed by atoms with Gasteiger partial charge in [0.25, 0.3) is 0 Å². The van der Waals surface area contributed by atoms with E-state index in [1.54, 1.807) is 10.9 Å². The molecule has 2 aromatic heterocycles. The summed E-state index contributed by atoms with van der Waals surface area (Å²) in [7, 11) is 1.88. The first-order chi connectivity index (χ1) is 10.5. The minimum absolute atomic E-state index is 0.0289. The Kier molecular flexibility index (Phi) is 4.00. The van der Waals surface area contributed by atoms with Crippen LogP contribution in [0.15, 0.2) is 12.3 Å². The molecule has 6 nitrogen and oxygen atoms in total. The Morgan fingerprint density at radius 3 is 3.05 bits per heavy atom. The molecule has 0 radical (unpaired) electrons. The molecule has 118 valence electrons. The Bertz CT molecular complexity index is 670. The van der Waals surface area contributed by atoms with Gasteiger partial charge in [0, 0.05) is 37.2 Å². The maximum absolute atomic E-state index is 12.4. The number of aromatic nitrogens is 4. The summed E-state index contributed by atoms with van der Waals surface area (Å²) in [6, 6.07) is 1.92. The molecular weight excluding hydrogens is 278 g/mol. The lowest BCUT2D eigenvalue weighted by Gasteiger charge is -2.20. The van der Waals surface area contributed by atoms with Gasteiger partial charge < -0.3 is 10.3 Å². The van der Waals surface area contributed by atoms with Crippen LogP contribution in [0, 0.1) is 5.92 Å². The van der Waals surface area contributed by atoms with Gasteiger partial charge >= 0.3 is 0 Å². The summed E-state index contributed by atoms with van der Waals surface area (Å²) in [5.74, 6) is 1.57. The second-order valence-corrected chi connectivity index (χ2v) is 6.31. The fraction of sp³-hybridized carbons (Fsp3) is 0.562. The van der Waals surface area contributed by atoms with E-state index in [0.29, 0.717) is 12.5 Å². The molecule has 1 aliphatic rings. The number of aryl methyl sites for hydroxylation is 2. The van der Waals surface area contributed by atoms with Crippen LogP contribution in [0.2, 0.25) is 0 Å². The third-order valence-electron chi connectivity index (χ3n) is 4.35. The number of amides is 1. The number of rotatable bonds is 4. The van der Waals surface area contributed by atoms with Crippen molar-refractivity contribution in [3.63, 3.8) is 0 Å². The fourth-order valence-corrected chi connectivity index (χ4v) is 2.90. The molecule has 0 spiro atoms. The van der Waals surface area contributed by atoms with Crippen LogP contribution in [-0.4, -0.2) is 25.7 Å². The second-order valence-electron chi connectivity index (χ2n) is 6.31. The Morgan fingerprint density at radius 1 is 1.55 bits per heavy atom. The molecule has 3 rings (SSSR count). The first kappa shape index (κ1) is 14.8. The number of nitrogens with zero attached hydrogens (tertiary/aromatic N) is 3. The van der Waals surface area contributed by atoms with E-state index in [2.05, 4.69) is 34.2 Å². The van der Waals surface area contributed by atoms with Crippen molar-refractivity contribution in [2.75, 3.05) is 0 Å². The SMILES string of the molecule is CC(C)c1nc2c([nH]1)C[C@@H](C(=O)NCc1ccnn1C)CC2. The van der Waals surface area contributed by atoms with Gasteiger partial charge in [0.15, 0.2) is 0 Å². The molecule has 1 aliphatic carbocycles. The number of imidazole rings is 1. The average molecular weight is 301 g/mol. The van der Waals surface area contributed by atoms with Crippen LogP contribution in [-0.2, 0) is 31.2 Å². The predicted octanol–water partition coefficient (Wildman–Crippen LogP) is 1.69. The van der Waals surface area contributed by atoms with Crippen LogP contribution in [0.4, 0.5) is 0 Å². The monoisotopic (exact) mass is 301 g/mol. The minimum Gasteiger partial charge on any atom is -0.350 e. The van der Waals surface area contributed by atoms with E-state index in [1.807, 2.05) is 13.1 Å². The molecule has 6 heteroatoms. The van der Waals surface area contributed by atoms with Crippen molar-refractivity contribution in [1.82, 2.24) is 25.1 Å². The van der Waals surface area contributed by atoms with Crippen molar-refractivity contribution < 1.29 is 4.79 Å². The number of hydrogen-bond donors (Lipinski definition) is 2. The summed E-state index contributed by atoms with van der Waals surface area (Å²) >= 11 is 0. The zero-order chi connectivity index (χ0) is 15.7. The maximum atomic E-state index is 12.4. The van der Waals surface area contributed by atoms with Gasteiger partial charge in [-0.2, -0.15) is 5.10 Å². The van der Waals surface area contributed by atoms with Crippen LogP contribution < -0.4 is 5.32 Å². The molecule has 0 aliphatic heterocycles. The number of H-pyrrole nitrogens is 1. The van der Waals surface area contributed by atoms with Crippen molar-refractivity contribution in [3.05, 3.63) is 35.2 Å². The third-order valence-corrected chi connectivity index (χ3v) is 4.35. The van der Waals surface area contributed by atoms with Crippen molar-refractivity contribution in [3.8, 4) is 0 Å². The first-order valence-electron chi connectivity index (χ1n) is 7.87. The summed E-state index contributed by atoms with van der Waals surface area (Å²) in [5, 5.41) is 7.13. The fourth-order valence-electron chi connectivity index (χ4n) is 2.90. The van der Waals surface area contributed by atoms with Crippen molar-refractivity contribution in [2.45, 2.75) is 45.6 Å². The Labute approximate surface area is 130 Å². The van der Waals surface area contributed by atoms with E-state index in [9.17, 15) is 4.79 Å². The van der Waals surface area contributed by atoms with E-state index in [-0.39, 0.29) is 11.8 Å². The summed E-state index contributed by atoms with van der Waals surface area (Å²) < 4.78 is 1.78. The zero-order valence-electron chi connectivity index (χ0n) is 13.4. The molecule has 1 amide bonds. The van der Waals surface area contributed by atoms with E-state index in [1.165, 1.54) is 0 Å². The highest BCUT2D eigenvalue weighted by atomic mass is 16.1. The van der Waals surface area contributed by atoms with Crippen LogP contribution in [0.3, 0.4) is 0 Å². The smallest absolute Gasteiger partial charge is 0.223 e. The summed E-state index contributed by atoms with van der Waals surface area (Å²) in [6.07, 6.45) is 4.24. The topological polar surface area (TPSA) is 75.6 Å². The van der Waals surface area contributed by atoms with Gasteiger partial charge in [-0.25, -0.2) is 4.98 Å². The van der Waals surface area contributed by atoms with Crippen molar-refractivity contribution in [1.29, 1.82) is 0 Å². The van der Waals surface area contributed by atoms with Gasteiger partial charge in [0.05, 0.1) is 17.9 Å². The summed E-state index contributed by atoms with van der Waals surface area (Å²) in [6.45, 7) is 4.78. The number of hydrogen-bond acceptors (Lipinski definition) is 3. The van der Waals surface area contributed by atoms with Crippen LogP contribution in [0.5, 0.6) is 0 Å². The quantitative estimate of drug-likeness (QED) is 0.902. The molecule has 22 heavy (non-hydrogen) atoms. The Morgan fingerprint density at radius 2 is 2.36 bits per heavy atom. The maximum Gasteiger partial charge on any atom is 0.223 e. The van der Waals surface area contributed by atoms with Crippen LogP contribution in [0.1, 0.15) is 49.1 Å². The van der Waals surface area contributed by atoms with Crippen LogP contribution in [0.25, 0.3) is 0 Å². The molecule has 0 aromatic carbocycles. The second kappa shape index (κ2) is 5.94. The normalized spacial score (nSPS) is 17.5. The number of nitrogens with one attached hydrogen (secondary N) is 2. The lowest BCUT2D eigenvalue weighted by atomic mass is 9.89. The largest absolute Gasteiger partial charge is 0.350 e. The van der Waals surface area contributed by atoms with Gasteiger partial charge in [0.1, 0.15) is 5.82 Å². The van der Waals surface area contributed by atoms with Gasteiger partial charge in [-0.05, 0) is 18.9 Å². The molecule has 0 saturated heterocycles. The lowest BCUT2D eigenvalue weighted by molar-refractivity contribution is -0.125. The predicted molar refractivity (Wildman–Crippen MR) is 83.2 cm³/mol. The molecule has 0 bridgehead atoms. The highest BCUT2D eigenvalue weighted by Gasteiger charge is 2.27. The molecule has 0 unspecified atom stereocenters. The minimum atomic E-state index is 0.0289. The van der Waals surface area contributed by atoms with E-state index in [4.69, 9.17) is 0 Å². The van der Waals surface area contributed by atoms with Crippen molar-refractivity contribution in [2.24, 2.45) is 13.0 Å².